The summed E-state index contributed by atoms with van der Waals surface area (Å²) >= 11 is 0. The second-order valence-corrected chi connectivity index (χ2v) is 6.20. The van der Waals surface area contributed by atoms with Gasteiger partial charge in [-0.15, -0.1) is 0 Å². The zero-order chi connectivity index (χ0) is 13.8. The van der Waals surface area contributed by atoms with Crippen molar-refractivity contribution in [3.8, 4) is 5.75 Å². The van der Waals surface area contributed by atoms with Crippen LogP contribution in [0.25, 0.3) is 0 Å². The van der Waals surface area contributed by atoms with Crippen LogP contribution in [0.15, 0.2) is 24.3 Å². The fourth-order valence-corrected chi connectivity index (χ4v) is 1.84. The minimum Gasteiger partial charge on any atom is -0.497 e. The monoisotopic (exact) mass is 250 g/mol. The SMILES string of the molecule is COc1ccc(C(C)(C)CNCC(C)(C)N)cc1. The van der Waals surface area contributed by atoms with Gasteiger partial charge in [-0.05, 0) is 31.5 Å². The van der Waals surface area contributed by atoms with E-state index < -0.39 is 0 Å². The highest BCUT2D eigenvalue weighted by atomic mass is 16.5. The first-order valence-corrected chi connectivity index (χ1v) is 6.39. The molecule has 0 unspecified atom stereocenters. The van der Waals surface area contributed by atoms with E-state index in [1.54, 1.807) is 7.11 Å². The van der Waals surface area contributed by atoms with Crippen LogP contribution in [0.4, 0.5) is 0 Å². The molecule has 102 valence electrons. The number of rotatable bonds is 6. The molecular formula is C15H26N2O. The lowest BCUT2D eigenvalue weighted by molar-refractivity contribution is 0.406. The van der Waals surface area contributed by atoms with Crippen LogP contribution in [0.2, 0.25) is 0 Å². The summed E-state index contributed by atoms with van der Waals surface area (Å²) in [5.41, 5.74) is 7.17. The Morgan fingerprint density at radius 3 is 2.06 bits per heavy atom. The van der Waals surface area contributed by atoms with Gasteiger partial charge in [0, 0.05) is 24.0 Å². The molecule has 0 fully saturated rings. The lowest BCUT2D eigenvalue weighted by atomic mass is 9.84. The van der Waals surface area contributed by atoms with Crippen LogP contribution < -0.4 is 15.8 Å². The molecule has 3 N–H and O–H groups in total. The Morgan fingerprint density at radius 2 is 1.61 bits per heavy atom. The number of hydrogen-bond acceptors (Lipinski definition) is 3. The maximum atomic E-state index is 5.96. The molecule has 0 aliphatic heterocycles. The van der Waals surface area contributed by atoms with Gasteiger partial charge in [-0.3, -0.25) is 0 Å². The average Bonchev–Trinajstić information content (AvgIpc) is 2.27. The highest BCUT2D eigenvalue weighted by Crippen LogP contribution is 2.24. The molecule has 0 saturated carbocycles. The maximum Gasteiger partial charge on any atom is 0.118 e. The minimum atomic E-state index is -0.171. The largest absolute Gasteiger partial charge is 0.497 e. The van der Waals surface area contributed by atoms with Crippen molar-refractivity contribution in [3.63, 3.8) is 0 Å². The summed E-state index contributed by atoms with van der Waals surface area (Å²) in [6.45, 7) is 10.2. The van der Waals surface area contributed by atoms with Gasteiger partial charge in [0.2, 0.25) is 0 Å². The van der Waals surface area contributed by atoms with E-state index in [2.05, 4.69) is 31.3 Å². The molecule has 1 aromatic rings. The van der Waals surface area contributed by atoms with Gasteiger partial charge in [-0.1, -0.05) is 26.0 Å². The van der Waals surface area contributed by atoms with Crippen LogP contribution >= 0.6 is 0 Å². The fraction of sp³-hybridized carbons (Fsp3) is 0.600. The first-order valence-electron chi connectivity index (χ1n) is 6.39. The normalized spacial score (nSPS) is 12.6. The number of ether oxygens (including phenoxy) is 1. The second-order valence-electron chi connectivity index (χ2n) is 6.20. The van der Waals surface area contributed by atoms with E-state index in [-0.39, 0.29) is 11.0 Å². The number of hydrogen-bond donors (Lipinski definition) is 2. The molecule has 0 bridgehead atoms. The molecule has 0 spiro atoms. The maximum absolute atomic E-state index is 5.96. The van der Waals surface area contributed by atoms with E-state index in [0.29, 0.717) is 0 Å². The van der Waals surface area contributed by atoms with Gasteiger partial charge in [0.1, 0.15) is 5.75 Å². The first-order chi connectivity index (χ1) is 8.24. The molecule has 0 aromatic heterocycles. The predicted octanol–water partition coefficient (Wildman–Crippen LogP) is 2.30. The lowest BCUT2D eigenvalue weighted by Crippen LogP contribution is -2.46. The van der Waals surface area contributed by atoms with Crippen molar-refractivity contribution in [1.29, 1.82) is 0 Å². The number of nitrogens with two attached hydrogens (primary N) is 1. The average molecular weight is 250 g/mol. The van der Waals surface area contributed by atoms with Crippen molar-refractivity contribution < 1.29 is 4.74 Å². The molecule has 18 heavy (non-hydrogen) atoms. The van der Waals surface area contributed by atoms with Crippen LogP contribution in [0.3, 0.4) is 0 Å². The van der Waals surface area contributed by atoms with Crippen molar-refractivity contribution in [2.24, 2.45) is 5.73 Å². The van der Waals surface area contributed by atoms with Crippen LogP contribution in [-0.4, -0.2) is 25.7 Å². The zero-order valence-electron chi connectivity index (χ0n) is 12.2. The Balaban J connectivity index is 2.61. The molecule has 0 aliphatic carbocycles. The summed E-state index contributed by atoms with van der Waals surface area (Å²) in [5, 5.41) is 3.44. The molecule has 1 rings (SSSR count). The van der Waals surface area contributed by atoms with Crippen molar-refractivity contribution in [3.05, 3.63) is 29.8 Å². The van der Waals surface area contributed by atoms with Crippen LogP contribution in [-0.2, 0) is 5.41 Å². The second kappa shape index (κ2) is 5.72. The summed E-state index contributed by atoms with van der Waals surface area (Å²) in [6.07, 6.45) is 0. The third-order valence-electron chi connectivity index (χ3n) is 3.02. The molecule has 0 atom stereocenters. The van der Waals surface area contributed by atoms with Crippen molar-refractivity contribution in [2.45, 2.75) is 38.6 Å². The zero-order valence-corrected chi connectivity index (χ0v) is 12.2. The molecule has 3 heteroatoms. The van der Waals surface area contributed by atoms with Gasteiger partial charge in [0.05, 0.1) is 7.11 Å². The van der Waals surface area contributed by atoms with Gasteiger partial charge in [0.25, 0.3) is 0 Å². The van der Waals surface area contributed by atoms with Crippen LogP contribution in [0.1, 0.15) is 33.3 Å². The van der Waals surface area contributed by atoms with Gasteiger partial charge in [-0.2, -0.15) is 0 Å². The van der Waals surface area contributed by atoms with Gasteiger partial charge >= 0.3 is 0 Å². The van der Waals surface area contributed by atoms with Gasteiger partial charge in [0.15, 0.2) is 0 Å². The van der Waals surface area contributed by atoms with Gasteiger partial charge in [-0.25, -0.2) is 0 Å². The number of benzene rings is 1. The fourth-order valence-electron chi connectivity index (χ4n) is 1.84. The van der Waals surface area contributed by atoms with E-state index in [1.165, 1.54) is 5.56 Å². The quantitative estimate of drug-likeness (QED) is 0.814. The molecule has 3 nitrogen and oxygen atoms in total. The van der Waals surface area contributed by atoms with Crippen molar-refractivity contribution >= 4 is 0 Å². The highest BCUT2D eigenvalue weighted by molar-refractivity contribution is 5.31. The topological polar surface area (TPSA) is 47.3 Å². The van der Waals surface area contributed by atoms with E-state index in [0.717, 1.165) is 18.8 Å². The third kappa shape index (κ3) is 4.67. The summed E-state index contributed by atoms with van der Waals surface area (Å²) in [6, 6.07) is 8.25. The molecule has 1 aromatic carbocycles. The Labute approximate surface area is 111 Å². The van der Waals surface area contributed by atoms with E-state index >= 15 is 0 Å². The van der Waals surface area contributed by atoms with Crippen molar-refractivity contribution in [1.82, 2.24) is 5.32 Å². The Bertz CT molecular complexity index is 363. The highest BCUT2D eigenvalue weighted by Gasteiger charge is 2.21. The third-order valence-corrected chi connectivity index (χ3v) is 3.02. The first kappa shape index (κ1) is 15.0. The summed E-state index contributed by atoms with van der Waals surface area (Å²) in [4.78, 5) is 0. The standard InChI is InChI=1S/C15H26N2O/c1-14(2,10-17-11-15(3,4)16)12-6-8-13(18-5)9-7-12/h6-9,17H,10-11,16H2,1-5H3. The van der Waals surface area contributed by atoms with E-state index in [1.807, 2.05) is 26.0 Å². The van der Waals surface area contributed by atoms with Crippen LogP contribution in [0, 0.1) is 0 Å². The van der Waals surface area contributed by atoms with E-state index in [9.17, 15) is 0 Å². The van der Waals surface area contributed by atoms with Crippen LogP contribution in [0.5, 0.6) is 5.75 Å². The molecule has 0 amide bonds. The molecule has 0 radical (unpaired) electrons. The van der Waals surface area contributed by atoms with Gasteiger partial charge < -0.3 is 15.8 Å². The number of methoxy groups -OCH3 is 1. The molecule has 0 aliphatic rings. The Hall–Kier alpha value is -1.06. The predicted molar refractivity (Wildman–Crippen MR) is 77.2 cm³/mol. The Kier molecular flexibility index (Phi) is 4.77. The lowest BCUT2D eigenvalue weighted by Gasteiger charge is -2.28. The van der Waals surface area contributed by atoms with E-state index in [4.69, 9.17) is 10.5 Å². The minimum absolute atomic E-state index is 0.0809. The molecular weight excluding hydrogens is 224 g/mol. The summed E-state index contributed by atoms with van der Waals surface area (Å²) in [5.74, 6) is 0.894. The molecule has 0 heterocycles. The smallest absolute Gasteiger partial charge is 0.118 e. The summed E-state index contributed by atoms with van der Waals surface area (Å²) < 4.78 is 5.18. The molecule has 0 saturated heterocycles. The summed E-state index contributed by atoms with van der Waals surface area (Å²) in [7, 11) is 1.69. The van der Waals surface area contributed by atoms with Crippen molar-refractivity contribution in [2.75, 3.05) is 20.2 Å². The number of nitrogens with one attached hydrogen (secondary N) is 1. The Morgan fingerprint density at radius 1 is 1.06 bits per heavy atom.